The monoisotopic (exact) mass is 294 g/mol. The van der Waals surface area contributed by atoms with Crippen LogP contribution in [0.2, 0.25) is 0 Å². The zero-order valence-electron chi connectivity index (χ0n) is 11.7. The van der Waals surface area contributed by atoms with Gasteiger partial charge < -0.3 is 14.1 Å². The van der Waals surface area contributed by atoms with Gasteiger partial charge in [-0.05, 0) is 38.2 Å². The third-order valence-electron chi connectivity index (χ3n) is 4.38. The van der Waals surface area contributed by atoms with Gasteiger partial charge in [0.15, 0.2) is 5.76 Å². The summed E-state index contributed by atoms with van der Waals surface area (Å²) in [5, 5.41) is 10.6. The highest BCUT2D eigenvalue weighted by molar-refractivity contribution is 5.91. The van der Waals surface area contributed by atoms with Crippen LogP contribution in [0.4, 0.5) is 5.88 Å². The van der Waals surface area contributed by atoms with Gasteiger partial charge in [-0.25, -0.2) is 0 Å². The highest BCUT2D eigenvalue weighted by atomic mass is 16.6. The second kappa shape index (κ2) is 5.48. The summed E-state index contributed by atoms with van der Waals surface area (Å²) in [7, 11) is 0. The zero-order valence-corrected chi connectivity index (χ0v) is 11.7. The van der Waals surface area contributed by atoms with Crippen molar-refractivity contribution in [3.05, 3.63) is 28.0 Å². The van der Waals surface area contributed by atoms with Crippen molar-refractivity contribution in [2.45, 2.75) is 37.7 Å². The molecule has 7 nitrogen and oxygen atoms in total. The SMILES string of the molecule is O=C(c1ccc([N+](=O)[O-])o1)N1CCC2(CCCCO2)CC1. The first-order valence-electron chi connectivity index (χ1n) is 7.27. The van der Waals surface area contributed by atoms with Crippen molar-refractivity contribution in [1.82, 2.24) is 4.90 Å². The number of hydrogen-bond donors (Lipinski definition) is 0. The molecule has 1 aromatic rings. The molecule has 3 rings (SSSR count). The summed E-state index contributed by atoms with van der Waals surface area (Å²) in [6, 6.07) is 2.57. The third-order valence-corrected chi connectivity index (χ3v) is 4.38. The molecule has 0 saturated carbocycles. The highest BCUT2D eigenvalue weighted by Gasteiger charge is 2.38. The number of hydrogen-bond acceptors (Lipinski definition) is 5. The Morgan fingerprint density at radius 3 is 2.57 bits per heavy atom. The molecule has 0 bridgehead atoms. The Morgan fingerprint density at radius 1 is 1.24 bits per heavy atom. The van der Waals surface area contributed by atoms with Gasteiger partial charge in [0.2, 0.25) is 0 Å². The topological polar surface area (TPSA) is 85.8 Å². The normalized spacial score (nSPS) is 21.4. The van der Waals surface area contributed by atoms with Crippen LogP contribution in [0.25, 0.3) is 0 Å². The molecule has 0 aliphatic carbocycles. The van der Waals surface area contributed by atoms with E-state index >= 15 is 0 Å². The fraction of sp³-hybridized carbons (Fsp3) is 0.643. The Balaban J connectivity index is 1.63. The van der Waals surface area contributed by atoms with Gasteiger partial charge >= 0.3 is 5.88 Å². The van der Waals surface area contributed by atoms with E-state index in [9.17, 15) is 14.9 Å². The molecular formula is C14H18N2O5. The van der Waals surface area contributed by atoms with Crippen molar-refractivity contribution in [3.8, 4) is 0 Å². The number of rotatable bonds is 2. The Labute approximate surface area is 122 Å². The lowest BCUT2D eigenvalue weighted by molar-refractivity contribution is -0.402. The number of amides is 1. The van der Waals surface area contributed by atoms with Crippen LogP contribution < -0.4 is 0 Å². The first-order valence-corrected chi connectivity index (χ1v) is 7.27. The molecule has 3 heterocycles. The maximum absolute atomic E-state index is 12.3. The zero-order chi connectivity index (χ0) is 14.9. The van der Waals surface area contributed by atoms with E-state index in [0.717, 1.165) is 32.3 Å². The number of carbonyl (C=O) groups is 1. The van der Waals surface area contributed by atoms with Crippen LogP contribution in [-0.4, -0.2) is 41.0 Å². The lowest BCUT2D eigenvalue weighted by Gasteiger charge is -2.43. The molecule has 0 N–H and O–H groups in total. The molecule has 21 heavy (non-hydrogen) atoms. The highest BCUT2D eigenvalue weighted by Crippen LogP contribution is 2.35. The van der Waals surface area contributed by atoms with Gasteiger partial charge in [0.05, 0.1) is 11.7 Å². The number of nitro groups is 1. The second-order valence-corrected chi connectivity index (χ2v) is 5.68. The van der Waals surface area contributed by atoms with E-state index in [-0.39, 0.29) is 17.3 Å². The van der Waals surface area contributed by atoms with Gasteiger partial charge in [0, 0.05) is 19.7 Å². The van der Waals surface area contributed by atoms with E-state index in [1.807, 2.05) is 0 Å². The summed E-state index contributed by atoms with van der Waals surface area (Å²) < 4.78 is 10.9. The lowest BCUT2D eigenvalue weighted by atomic mass is 9.84. The summed E-state index contributed by atoms with van der Waals surface area (Å²) >= 11 is 0. The van der Waals surface area contributed by atoms with Gasteiger partial charge in [-0.15, -0.1) is 0 Å². The number of carbonyl (C=O) groups excluding carboxylic acids is 1. The second-order valence-electron chi connectivity index (χ2n) is 5.68. The van der Waals surface area contributed by atoms with Crippen molar-refractivity contribution < 1.29 is 18.9 Å². The largest absolute Gasteiger partial charge is 0.433 e. The van der Waals surface area contributed by atoms with Crippen molar-refractivity contribution >= 4 is 11.8 Å². The lowest BCUT2D eigenvalue weighted by Crippen LogP contribution is -2.49. The number of likely N-dealkylation sites (tertiary alicyclic amines) is 1. The fourth-order valence-electron chi connectivity index (χ4n) is 3.12. The molecule has 0 unspecified atom stereocenters. The van der Waals surface area contributed by atoms with Crippen LogP contribution in [0, 0.1) is 10.1 Å². The van der Waals surface area contributed by atoms with Crippen molar-refractivity contribution in [2.75, 3.05) is 19.7 Å². The van der Waals surface area contributed by atoms with Crippen LogP contribution >= 0.6 is 0 Å². The Bertz CT molecular complexity index is 537. The number of furan rings is 1. The molecule has 7 heteroatoms. The first-order chi connectivity index (χ1) is 10.1. The maximum Gasteiger partial charge on any atom is 0.433 e. The number of nitrogens with zero attached hydrogens (tertiary/aromatic N) is 2. The predicted octanol–water partition coefficient (Wildman–Crippen LogP) is 2.36. The molecular weight excluding hydrogens is 276 g/mol. The van der Waals surface area contributed by atoms with Crippen LogP contribution in [0.5, 0.6) is 0 Å². The van der Waals surface area contributed by atoms with E-state index < -0.39 is 10.8 Å². The quantitative estimate of drug-likeness (QED) is 0.617. The molecule has 1 aromatic heterocycles. The Morgan fingerprint density at radius 2 is 2.00 bits per heavy atom. The maximum atomic E-state index is 12.3. The number of piperidine rings is 1. The van der Waals surface area contributed by atoms with Crippen LogP contribution in [0.1, 0.15) is 42.7 Å². The van der Waals surface area contributed by atoms with Crippen LogP contribution in [-0.2, 0) is 4.74 Å². The van der Waals surface area contributed by atoms with Gasteiger partial charge in [0.25, 0.3) is 5.91 Å². The van der Waals surface area contributed by atoms with Crippen LogP contribution in [0.15, 0.2) is 16.5 Å². The minimum absolute atomic E-state index is 0.0298. The molecule has 114 valence electrons. The Kier molecular flexibility index (Phi) is 3.67. The molecule has 2 saturated heterocycles. The van der Waals surface area contributed by atoms with Crippen molar-refractivity contribution in [2.24, 2.45) is 0 Å². The summed E-state index contributed by atoms with van der Waals surface area (Å²) in [5.74, 6) is -0.654. The van der Waals surface area contributed by atoms with E-state index in [1.165, 1.54) is 18.6 Å². The van der Waals surface area contributed by atoms with Gasteiger partial charge in [-0.1, -0.05) is 0 Å². The molecule has 0 atom stereocenters. The van der Waals surface area contributed by atoms with E-state index in [2.05, 4.69) is 0 Å². The molecule has 2 fully saturated rings. The van der Waals surface area contributed by atoms with E-state index in [4.69, 9.17) is 9.15 Å². The van der Waals surface area contributed by atoms with Gasteiger partial charge in [0.1, 0.15) is 4.92 Å². The van der Waals surface area contributed by atoms with Crippen molar-refractivity contribution in [1.29, 1.82) is 0 Å². The number of ether oxygens (including phenoxy) is 1. The molecule has 2 aliphatic rings. The first kappa shape index (κ1) is 14.1. The molecule has 1 spiro atoms. The minimum Gasteiger partial charge on any atom is -0.395 e. The molecule has 0 radical (unpaired) electrons. The Hall–Kier alpha value is -1.89. The average Bonchev–Trinajstić information content (AvgIpc) is 2.98. The van der Waals surface area contributed by atoms with Crippen LogP contribution in [0.3, 0.4) is 0 Å². The summed E-state index contributed by atoms with van der Waals surface area (Å²) in [6.45, 7) is 2.01. The molecule has 0 aromatic carbocycles. The molecule has 2 aliphatic heterocycles. The summed E-state index contributed by atoms with van der Waals surface area (Å²) in [4.78, 5) is 23.9. The fourth-order valence-corrected chi connectivity index (χ4v) is 3.12. The van der Waals surface area contributed by atoms with Gasteiger partial charge in [-0.3, -0.25) is 14.9 Å². The predicted molar refractivity (Wildman–Crippen MR) is 73.0 cm³/mol. The van der Waals surface area contributed by atoms with E-state index in [0.29, 0.717) is 13.1 Å². The van der Waals surface area contributed by atoms with Crippen molar-refractivity contribution in [3.63, 3.8) is 0 Å². The smallest absolute Gasteiger partial charge is 0.395 e. The van der Waals surface area contributed by atoms with E-state index in [1.54, 1.807) is 4.90 Å². The minimum atomic E-state index is -0.641. The standard InChI is InChI=1S/C14H18N2O5/c17-13(11-3-4-12(21-11)16(18)19)15-8-6-14(7-9-15)5-1-2-10-20-14/h3-4H,1-2,5-10H2. The third kappa shape index (κ3) is 2.78. The molecule has 1 amide bonds. The summed E-state index contributed by atoms with van der Waals surface area (Å²) in [5.41, 5.74) is -0.0653. The van der Waals surface area contributed by atoms with Gasteiger partial charge in [-0.2, -0.15) is 0 Å². The average molecular weight is 294 g/mol. The summed E-state index contributed by atoms with van der Waals surface area (Å²) in [6.07, 6.45) is 4.99.